The zero-order chi connectivity index (χ0) is 23.4. The number of ether oxygens (including phenoxy) is 1. The monoisotopic (exact) mass is 432 g/mol. The maximum atomic E-state index is 11.5. The van der Waals surface area contributed by atoms with E-state index in [0.717, 1.165) is 12.8 Å². The first-order valence-corrected chi connectivity index (χ1v) is 10.8. The van der Waals surface area contributed by atoms with Gasteiger partial charge >= 0.3 is 23.9 Å². The minimum absolute atomic E-state index is 0.0283. The van der Waals surface area contributed by atoms with Gasteiger partial charge in [-0.15, -0.1) is 0 Å². The number of carboxylic acids is 2. The Labute approximate surface area is 179 Å². The van der Waals surface area contributed by atoms with Gasteiger partial charge in [0.1, 0.15) is 12.1 Å². The lowest BCUT2D eigenvalue weighted by molar-refractivity contribution is -0.160. The van der Waals surface area contributed by atoms with E-state index in [4.69, 9.17) is 15.9 Å². The Morgan fingerprint density at radius 1 is 0.900 bits per heavy atom. The van der Waals surface area contributed by atoms with Crippen LogP contribution in [-0.4, -0.2) is 53.2 Å². The summed E-state index contributed by atoms with van der Waals surface area (Å²) in [6.45, 7) is 3.78. The van der Waals surface area contributed by atoms with E-state index in [9.17, 15) is 19.2 Å². The van der Waals surface area contributed by atoms with E-state index in [1.54, 1.807) is 14.0 Å². The van der Waals surface area contributed by atoms with Gasteiger partial charge < -0.3 is 26.0 Å². The van der Waals surface area contributed by atoms with Crippen molar-refractivity contribution >= 4 is 23.9 Å². The number of likely N-dealkylation sites (N-methyl/N-ethyl adjacent to an activating group) is 1. The Bertz CT molecular complexity index is 498. The molecule has 0 aliphatic rings. The van der Waals surface area contributed by atoms with Gasteiger partial charge in [-0.05, 0) is 26.8 Å². The van der Waals surface area contributed by atoms with Crippen LogP contribution in [-0.2, 0) is 23.9 Å². The van der Waals surface area contributed by atoms with E-state index in [0.29, 0.717) is 6.42 Å². The molecular formula is C21H40N2O7. The second kappa shape index (κ2) is 20.3. The van der Waals surface area contributed by atoms with E-state index < -0.39 is 36.0 Å². The Morgan fingerprint density at radius 3 is 1.80 bits per heavy atom. The second-order valence-corrected chi connectivity index (χ2v) is 7.26. The molecule has 9 nitrogen and oxygen atoms in total. The lowest BCUT2D eigenvalue weighted by Gasteiger charge is -2.09. The standard InChI is InChI=1S/C17H31NO5.C4H9NO2/c1-2-3-4-5-6-7-8-9-10-11-16(21)23-17(22)14(18)12-13-15(19)20;1-3(5-2)4(6)7/h14H,2-13,18H2,1H3,(H,19,20);3,5H,1-2H3,(H,6,7)/t14-;3-/m00/s1. The third-order valence-corrected chi connectivity index (χ3v) is 4.47. The number of hydrogen-bond acceptors (Lipinski definition) is 7. The van der Waals surface area contributed by atoms with Crippen molar-refractivity contribution in [3.8, 4) is 0 Å². The summed E-state index contributed by atoms with van der Waals surface area (Å²) in [6.07, 6.45) is 10.2. The molecule has 0 unspecified atom stereocenters. The molecule has 0 amide bonds. The number of aliphatic carboxylic acids is 2. The minimum Gasteiger partial charge on any atom is -0.481 e. The van der Waals surface area contributed by atoms with Crippen molar-refractivity contribution in [3.63, 3.8) is 0 Å². The number of carbonyl (C=O) groups is 4. The minimum atomic E-state index is -1.06. The highest BCUT2D eigenvalue weighted by Gasteiger charge is 2.19. The summed E-state index contributed by atoms with van der Waals surface area (Å²) in [5.74, 6) is -3.27. The maximum absolute atomic E-state index is 11.5. The van der Waals surface area contributed by atoms with Crippen molar-refractivity contribution in [1.82, 2.24) is 5.32 Å². The number of hydrogen-bond donors (Lipinski definition) is 4. The van der Waals surface area contributed by atoms with Crippen molar-refractivity contribution in [2.75, 3.05) is 7.05 Å². The SMILES string of the molecule is CCCCCCCCCCCC(=O)OC(=O)[C@@H](N)CCC(=O)O.CN[C@@H](C)C(=O)O. The lowest BCUT2D eigenvalue weighted by atomic mass is 10.1. The van der Waals surface area contributed by atoms with E-state index in [1.165, 1.54) is 38.5 Å². The summed E-state index contributed by atoms with van der Waals surface area (Å²) < 4.78 is 4.62. The van der Waals surface area contributed by atoms with Crippen LogP contribution in [0.1, 0.15) is 90.9 Å². The lowest BCUT2D eigenvalue weighted by Crippen LogP contribution is -2.34. The van der Waals surface area contributed by atoms with Crippen molar-refractivity contribution in [2.45, 2.75) is 103 Å². The molecule has 0 aromatic carbocycles. The van der Waals surface area contributed by atoms with Gasteiger partial charge in [0.15, 0.2) is 0 Å². The summed E-state index contributed by atoms with van der Waals surface area (Å²) in [5, 5.41) is 19.2. The molecule has 176 valence electrons. The van der Waals surface area contributed by atoms with Crippen LogP contribution in [0.25, 0.3) is 0 Å². The number of unbranched alkanes of at least 4 members (excludes halogenated alkanes) is 8. The first-order chi connectivity index (χ1) is 14.1. The van der Waals surface area contributed by atoms with Gasteiger partial charge in [-0.2, -0.15) is 0 Å². The molecule has 0 aromatic rings. The molecule has 5 N–H and O–H groups in total. The van der Waals surface area contributed by atoms with Crippen LogP contribution in [0, 0.1) is 0 Å². The average molecular weight is 433 g/mol. The topological polar surface area (TPSA) is 156 Å². The van der Waals surface area contributed by atoms with Crippen LogP contribution < -0.4 is 11.1 Å². The highest BCUT2D eigenvalue weighted by Crippen LogP contribution is 2.11. The van der Waals surface area contributed by atoms with E-state index >= 15 is 0 Å². The molecule has 0 radical (unpaired) electrons. The van der Waals surface area contributed by atoms with Gasteiger partial charge in [-0.25, -0.2) is 4.79 Å². The molecule has 0 spiro atoms. The number of carboxylic acid groups (broad SMARTS) is 2. The molecule has 30 heavy (non-hydrogen) atoms. The van der Waals surface area contributed by atoms with Crippen LogP contribution in [0.5, 0.6) is 0 Å². The predicted molar refractivity (Wildman–Crippen MR) is 114 cm³/mol. The summed E-state index contributed by atoms with van der Waals surface area (Å²) >= 11 is 0. The number of esters is 2. The van der Waals surface area contributed by atoms with Crippen molar-refractivity contribution in [1.29, 1.82) is 0 Å². The van der Waals surface area contributed by atoms with Gasteiger partial charge in [0.2, 0.25) is 0 Å². The van der Waals surface area contributed by atoms with Gasteiger partial charge in [0.25, 0.3) is 0 Å². The van der Waals surface area contributed by atoms with Crippen molar-refractivity contribution in [2.24, 2.45) is 5.73 Å². The first-order valence-electron chi connectivity index (χ1n) is 10.8. The summed E-state index contributed by atoms with van der Waals surface area (Å²) in [7, 11) is 1.61. The molecule has 0 aliphatic heterocycles. The number of rotatable bonds is 16. The molecule has 0 aromatic heterocycles. The number of nitrogens with one attached hydrogen (secondary N) is 1. The smallest absolute Gasteiger partial charge is 0.330 e. The third kappa shape index (κ3) is 20.7. The molecule has 0 fully saturated rings. The van der Waals surface area contributed by atoms with E-state index in [2.05, 4.69) is 17.0 Å². The Kier molecular flexibility index (Phi) is 20.4. The molecule has 0 aliphatic carbocycles. The summed E-state index contributed by atoms with van der Waals surface area (Å²) in [6, 6.07) is -1.49. The maximum Gasteiger partial charge on any atom is 0.330 e. The molecule has 2 atom stereocenters. The predicted octanol–water partition coefficient (Wildman–Crippen LogP) is 2.85. The number of carbonyl (C=O) groups excluding carboxylic acids is 2. The fourth-order valence-corrected chi connectivity index (χ4v) is 2.34. The quantitative estimate of drug-likeness (QED) is 0.163. The normalized spacial score (nSPS) is 12.3. The van der Waals surface area contributed by atoms with Crippen LogP contribution >= 0.6 is 0 Å². The highest BCUT2D eigenvalue weighted by atomic mass is 16.6. The summed E-state index contributed by atoms with van der Waals surface area (Å²) in [4.78, 5) is 43.2. The largest absolute Gasteiger partial charge is 0.481 e. The van der Waals surface area contributed by atoms with Crippen LogP contribution in [0.15, 0.2) is 0 Å². The molecule has 0 saturated carbocycles. The molecule has 0 saturated heterocycles. The zero-order valence-corrected chi connectivity index (χ0v) is 18.7. The average Bonchev–Trinajstić information content (AvgIpc) is 2.70. The molecule has 9 heteroatoms. The first kappa shape index (κ1) is 30.2. The van der Waals surface area contributed by atoms with Crippen LogP contribution in [0.4, 0.5) is 0 Å². The highest BCUT2D eigenvalue weighted by molar-refractivity contribution is 5.88. The molecular weight excluding hydrogens is 392 g/mol. The molecule has 0 bridgehead atoms. The van der Waals surface area contributed by atoms with Gasteiger partial charge in [-0.3, -0.25) is 14.4 Å². The fourth-order valence-electron chi connectivity index (χ4n) is 2.34. The van der Waals surface area contributed by atoms with Crippen molar-refractivity contribution < 1.29 is 34.1 Å². The third-order valence-electron chi connectivity index (χ3n) is 4.47. The number of nitrogens with two attached hydrogens (primary N) is 1. The van der Waals surface area contributed by atoms with Gasteiger partial charge in [0.05, 0.1) is 0 Å². The zero-order valence-electron chi connectivity index (χ0n) is 18.7. The Hall–Kier alpha value is -2.00. The van der Waals surface area contributed by atoms with Gasteiger partial charge in [0, 0.05) is 12.8 Å². The van der Waals surface area contributed by atoms with E-state index in [-0.39, 0.29) is 19.3 Å². The Balaban J connectivity index is 0. The van der Waals surface area contributed by atoms with Crippen LogP contribution in [0.3, 0.4) is 0 Å². The van der Waals surface area contributed by atoms with E-state index in [1.807, 2.05) is 0 Å². The molecule has 0 heterocycles. The second-order valence-electron chi connectivity index (χ2n) is 7.26. The van der Waals surface area contributed by atoms with Gasteiger partial charge in [-0.1, -0.05) is 58.3 Å². The molecule has 0 rings (SSSR count). The van der Waals surface area contributed by atoms with Crippen molar-refractivity contribution in [3.05, 3.63) is 0 Å². The Morgan fingerprint density at radius 2 is 1.40 bits per heavy atom. The van der Waals surface area contributed by atoms with Crippen LogP contribution in [0.2, 0.25) is 0 Å². The fraction of sp³-hybridized carbons (Fsp3) is 0.810. The summed E-state index contributed by atoms with van der Waals surface area (Å²) in [5.41, 5.74) is 5.47.